The van der Waals surface area contributed by atoms with Crippen LogP contribution >= 0.6 is 0 Å². The molecular formula is C26H30N2O6. The van der Waals surface area contributed by atoms with Crippen LogP contribution in [0.2, 0.25) is 0 Å². The minimum atomic E-state index is -1.20. The van der Waals surface area contributed by atoms with Gasteiger partial charge in [-0.1, -0.05) is 55.5 Å². The van der Waals surface area contributed by atoms with Gasteiger partial charge < -0.3 is 25.2 Å². The Morgan fingerprint density at radius 1 is 1.12 bits per heavy atom. The quantitative estimate of drug-likeness (QED) is 0.523. The molecule has 2 aliphatic rings. The molecule has 2 aromatic carbocycles. The second-order valence-electron chi connectivity index (χ2n) is 9.08. The highest BCUT2D eigenvalue weighted by Crippen LogP contribution is 2.44. The molecule has 2 aromatic rings. The number of alkyl carbamates (subject to hydrolysis) is 1. The molecule has 8 nitrogen and oxygen atoms in total. The molecule has 4 rings (SSSR count). The molecule has 1 fully saturated rings. The van der Waals surface area contributed by atoms with E-state index in [1.54, 1.807) is 0 Å². The molecule has 2 atom stereocenters. The largest absolute Gasteiger partial charge is 0.481 e. The van der Waals surface area contributed by atoms with E-state index < -0.39 is 17.6 Å². The number of hydrogen-bond acceptors (Lipinski definition) is 5. The normalized spacial score (nSPS) is 19.7. The average molecular weight is 467 g/mol. The SMILES string of the molecule is CC(CCNC(=O)C1(NC(=O)OCC2c3ccccc3-c3ccccc32)CCOC1)CC(=O)O. The highest BCUT2D eigenvalue weighted by molar-refractivity contribution is 5.90. The van der Waals surface area contributed by atoms with Crippen LogP contribution in [0.1, 0.15) is 43.2 Å². The molecule has 180 valence electrons. The first-order chi connectivity index (χ1) is 16.4. The third-order valence-electron chi connectivity index (χ3n) is 6.59. The molecule has 0 spiro atoms. The zero-order valence-electron chi connectivity index (χ0n) is 19.2. The van der Waals surface area contributed by atoms with Gasteiger partial charge in [-0.05, 0) is 34.6 Å². The number of carbonyl (C=O) groups is 3. The summed E-state index contributed by atoms with van der Waals surface area (Å²) >= 11 is 0. The van der Waals surface area contributed by atoms with Crippen LogP contribution in [-0.4, -0.2) is 55.0 Å². The molecule has 3 N–H and O–H groups in total. The number of hydrogen-bond donors (Lipinski definition) is 3. The molecule has 0 radical (unpaired) electrons. The van der Waals surface area contributed by atoms with Gasteiger partial charge in [0.05, 0.1) is 6.61 Å². The molecule has 34 heavy (non-hydrogen) atoms. The maximum Gasteiger partial charge on any atom is 0.408 e. The van der Waals surface area contributed by atoms with E-state index in [-0.39, 0.29) is 37.4 Å². The standard InChI is InChI=1S/C26H30N2O6/c1-17(14-23(29)30)10-12-27-24(31)26(11-13-33-16-26)28-25(32)34-15-22-20-8-4-2-6-18(20)19-7-3-5-9-21(19)22/h2-9,17,22H,10-16H2,1H3,(H,27,31)(H,28,32)(H,29,30). The number of ether oxygens (including phenoxy) is 2. The van der Waals surface area contributed by atoms with Gasteiger partial charge in [-0.3, -0.25) is 9.59 Å². The number of rotatable bonds is 9. The van der Waals surface area contributed by atoms with Crippen LogP contribution in [0.25, 0.3) is 11.1 Å². The van der Waals surface area contributed by atoms with Gasteiger partial charge in [0.1, 0.15) is 12.1 Å². The molecule has 0 aromatic heterocycles. The third kappa shape index (κ3) is 5.07. The summed E-state index contributed by atoms with van der Waals surface area (Å²) in [6, 6.07) is 16.2. The summed E-state index contributed by atoms with van der Waals surface area (Å²) in [6.07, 6.45) is 0.247. The van der Waals surface area contributed by atoms with E-state index in [4.69, 9.17) is 14.6 Å². The van der Waals surface area contributed by atoms with Crippen molar-refractivity contribution in [3.8, 4) is 11.1 Å². The minimum Gasteiger partial charge on any atom is -0.481 e. The molecule has 2 amide bonds. The Kier molecular flexibility index (Phi) is 7.17. The Hall–Kier alpha value is -3.39. The molecule has 0 bridgehead atoms. The van der Waals surface area contributed by atoms with Crippen LogP contribution in [0.15, 0.2) is 48.5 Å². The van der Waals surface area contributed by atoms with Crippen molar-refractivity contribution < 1.29 is 29.0 Å². The number of carboxylic acids is 1. The number of aliphatic carboxylic acids is 1. The Labute approximate surface area is 198 Å². The van der Waals surface area contributed by atoms with E-state index in [1.165, 1.54) is 0 Å². The van der Waals surface area contributed by atoms with Gasteiger partial charge in [0, 0.05) is 31.9 Å². The molecule has 2 unspecified atom stereocenters. The monoisotopic (exact) mass is 466 g/mol. The lowest BCUT2D eigenvalue weighted by atomic mass is 9.97. The van der Waals surface area contributed by atoms with E-state index in [1.807, 2.05) is 43.3 Å². The number of amides is 2. The van der Waals surface area contributed by atoms with Gasteiger partial charge in [0.2, 0.25) is 5.91 Å². The van der Waals surface area contributed by atoms with Crippen molar-refractivity contribution in [3.63, 3.8) is 0 Å². The highest BCUT2D eigenvalue weighted by Gasteiger charge is 2.44. The molecule has 1 saturated heterocycles. The second kappa shape index (κ2) is 10.3. The van der Waals surface area contributed by atoms with E-state index in [9.17, 15) is 14.4 Å². The Balaban J connectivity index is 1.36. The van der Waals surface area contributed by atoms with Crippen LogP contribution in [0.4, 0.5) is 4.79 Å². The van der Waals surface area contributed by atoms with E-state index >= 15 is 0 Å². The first kappa shape index (κ1) is 23.8. The first-order valence-corrected chi connectivity index (χ1v) is 11.6. The van der Waals surface area contributed by atoms with Crippen molar-refractivity contribution >= 4 is 18.0 Å². The fourth-order valence-corrected chi connectivity index (χ4v) is 4.73. The number of benzene rings is 2. The number of carbonyl (C=O) groups excluding carboxylic acids is 2. The average Bonchev–Trinajstić information content (AvgIpc) is 3.41. The van der Waals surface area contributed by atoms with Crippen LogP contribution in [0.5, 0.6) is 0 Å². The Bertz CT molecular complexity index is 1020. The number of nitrogens with one attached hydrogen (secondary N) is 2. The predicted octanol–water partition coefficient (Wildman–Crippen LogP) is 3.30. The molecule has 0 saturated carbocycles. The smallest absolute Gasteiger partial charge is 0.408 e. The van der Waals surface area contributed by atoms with Crippen LogP contribution in [0, 0.1) is 5.92 Å². The summed E-state index contributed by atoms with van der Waals surface area (Å²) in [4.78, 5) is 36.5. The van der Waals surface area contributed by atoms with Gasteiger partial charge in [-0.2, -0.15) is 0 Å². The van der Waals surface area contributed by atoms with Crippen molar-refractivity contribution in [1.29, 1.82) is 0 Å². The molecular weight excluding hydrogens is 436 g/mol. The van der Waals surface area contributed by atoms with E-state index in [0.717, 1.165) is 22.3 Å². The Morgan fingerprint density at radius 2 is 1.76 bits per heavy atom. The Morgan fingerprint density at radius 3 is 2.35 bits per heavy atom. The van der Waals surface area contributed by atoms with E-state index in [2.05, 4.69) is 22.8 Å². The summed E-state index contributed by atoms with van der Waals surface area (Å²) in [5.41, 5.74) is 3.32. The van der Waals surface area contributed by atoms with Gasteiger partial charge in [0.25, 0.3) is 0 Å². The van der Waals surface area contributed by atoms with Crippen molar-refractivity contribution in [3.05, 3.63) is 59.7 Å². The predicted molar refractivity (Wildman–Crippen MR) is 125 cm³/mol. The zero-order chi connectivity index (χ0) is 24.1. The fraction of sp³-hybridized carbons (Fsp3) is 0.423. The maximum absolute atomic E-state index is 12.9. The summed E-state index contributed by atoms with van der Waals surface area (Å²) in [5, 5.41) is 14.4. The molecule has 1 aliphatic heterocycles. The summed E-state index contributed by atoms with van der Waals surface area (Å²) in [7, 11) is 0. The van der Waals surface area contributed by atoms with Crippen molar-refractivity contribution in [2.75, 3.05) is 26.4 Å². The zero-order valence-corrected chi connectivity index (χ0v) is 19.2. The highest BCUT2D eigenvalue weighted by atomic mass is 16.6. The van der Waals surface area contributed by atoms with Gasteiger partial charge in [-0.15, -0.1) is 0 Å². The van der Waals surface area contributed by atoms with E-state index in [0.29, 0.717) is 26.0 Å². The van der Waals surface area contributed by atoms with Crippen LogP contribution in [-0.2, 0) is 19.1 Å². The molecule has 1 heterocycles. The van der Waals surface area contributed by atoms with Gasteiger partial charge in [-0.25, -0.2) is 4.79 Å². The van der Waals surface area contributed by atoms with Gasteiger partial charge >= 0.3 is 12.1 Å². The third-order valence-corrected chi connectivity index (χ3v) is 6.59. The molecule has 1 aliphatic carbocycles. The lowest BCUT2D eigenvalue weighted by Crippen LogP contribution is -2.59. The maximum atomic E-state index is 12.9. The summed E-state index contributed by atoms with van der Waals surface area (Å²) in [5.74, 6) is -1.35. The number of carboxylic acid groups (broad SMARTS) is 1. The lowest BCUT2D eigenvalue weighted by Gasteiger charge is -2.27. The first-order valence-electron chi connectivity index (χ1n) is 11.6. The van der Waals surface area contributed by atoms with Crippen LogP contribution < -0.4 is 10.6 Å². The fourth-order valence-electron chi connectivity index (χ4n) is 4.73. The van der Waals surface area contributed by atoms with Crippen LogP contribution in [0.3, 0.4) is 0 Å². The summed E-state index contributed by atoms with van der Waals surface area (Å²) in [6.45, 7) is 2.72. The van der Waals surface area contributed by atoms with Crippen molar-refractivity contribution in [2.24, 2.45) is 5.92 Å². The molecule has 8 heteroatoms. The minimum absolute atomic E-state index is 0.0438. The number of fused-ring (bicyclic) bond motifs is 3. The van der Waals surface area contributed by atoms with Crippen molar-refractivity contribution in [2.45, 2.75) is 37.6 Å². The lowest BCUT2D eigenvalue weighted by molar-refractivity contribution is -0.138. The summed E-state index contributed by atoms with van der Waals surface area (Å²) < 4.78 is 11.0. The topological polar surface area (TPSA) is 114 Å². The van der Waals surface area contributed by atoms with Gasteiger partial charge in [0.15, 0.2) is 0 Å². The second-order valence-corrected chi connectivity index (χ2v) is 9.08. The van der Waals surface area contributed by atoms with Crippen molar-refractivity contribution in [1.82, 2.24) is 10.6 Å².